The fourth-order valence-electron chi connectivity index (χ4n) is 2.08. The van der Waals surface area contributed by atoms with Crippen LogP contribution in [-0.4, -0.2) is 39.3 Å². The summed E-state index contributed by atoms with van der Waals surface area (Å²) in [5, 5.41) is 5.83. The minimum Gasteiger partial charge on any atom is -0.383 e. The zero-order valence-electron chi connectivity index (χ0n) is 13.4. The van der Waals surface area contributed by atoms with Crippen molar-refractivity contribution < 1.29 is 22.7 Å². The van der Waals surface area contributed by atoms with E-state index in [1.54, 1.807) is 20.1 Å². The molecule has 1 aromatic rings. The number of methoxy groups -OCH3 is 1. The van der Waals surface area contributed by atoms with Crippen LogP contribution in [-0.2, 0) is 15.7 Å². The maximum absolute atomic E-state index is 12.7. The number of hydrogen-bond donors (Lipinski definition) is 2. The second-order valence-electron chi connectivity index (χ2n) is 5.32. The maximum atomic E-state index is 12.7. The number of nitrogens with one attached hydrogen (secondary N) is 2. The summed E-state index contributed by atoms with van der Waals surface area (Å²) in [6.07, 6.45) is -4.22. The highest BCUT2D eigenvalue weighted by Gasteiger charge is 2.30. The molecule has 1 rings (SSSR count). The van der Waals surface area contributed by atoms with E-state index in [1.807, 2.05) is 0 Å². The van der Waals surface area contributed by atoms with Crippen LogP contribution in [0, 0.1) is 0 Å². The quantitative estimate of drug-likeness (QED) is 0.683. The van der Waals surface area contributed by atoms with E-state index in [0.717, 1.165) is 12.1 Å². The van der Waals surface area contributed by atoms with Crippen LogP contribution in [0.25, 0.3) is 0 Å². The highest BCUT2D eigenvalue weighted by Crippen LogP contribution is 2.31. The molecule has 0 fully saturated rings. The molecular weight excluding hydrogens is 309 g/mol. The highest BCUT2D eigenvalue weighted by molar-refractivity contribution is 5.76. The van der Waals surface area contributed by atoms with Crippen LogP contribution in [0.4, 0.5) is 13.2 Å². The summed E-state index contributed by atoms with van der Waals surface area (Å²) in [4.78, 5) is 11.8. The number of carbonyl (C=O) groups excluding carboxylic acids is 1. The number of hydrogen-bond acceptors (Lipinski definition) is 3. The van der Waals surface area contributed by atoms with E-state index in [0.29, 0.717) is 31.8 Å². The highest BCUT2D eigenvalue weighted by atomic mass is 19.4. The number of rotatable bonds is 9. The lowest BCUT2D eigenvalue weighted by Gasteiger charge is -2.14. The normalized spacial score (nSPS) is 12.9. The van der Waals surface area contributed by atoms with Gasteiger partial charge in [0.2, 0.25) is 5.91 Å². The van der Waals surface area contributed by atoms with E-state index in [9.17, 15) is 18.0 Å². The Bertz CT molecular complexity index is 492. The van der Waals surface area contributed by atoms with Gasteiger partial charge in [0, 0.05) is 33.2 Å². The van der Waals surface area contributed by atoms with Gasteiger partial charge in [-0.05, 0) is 17.5 Å². The predicted octanol–water partition coefficient (Wildman–Crippen LogP) is 2.55. The molecule has 1 aromatic carbocycles. The Hall–Kier alpha value is -1.60. The lowest BCUT2D eigenvalue weighted by molar-refractivity contribution is -0.137. The van der Waals surface area contributed by atoms with E-state index in [2.05, 4.69) is 10.6 Å². The minimum atomic E-state index is -4.37. The Morgan fingerprint density at radius 3 is 2.65 bits per heavy atom. The van der Waals surface area contributed by atoms with Crippen molar-refractivity contribution in [2.24, 2.45) is 0 Å². The molecule has 0 saturated carbocycles. The largest absolute Gasteiger partial charge is 0.416 e. The number of alkyl halides is 3. The molecule has 0 aromatic heterocycles. The SMILES string of the molecule is COCCNCCNC(=O)CC(C)c1cccc(C(F)(F)F)c1. The smallest absolute Gasteiger partial charge is 0.383 e. The first-order valence-corrected chi connectivity index (χ1v) is 7.48. The molecule has 0 heterocycles. The lowest BCUT2D eigenvalue weighted by atomic mass is 9.95. The van der Waals surface area contributed by atoms with Gasteiger partial charge in [0.25, 0.3) is 0 Å². The predicted molar refractivity (Wildman–Crippen MR) is 82.2 cm³/mol. The van der Waals surface area contributed by atoms with Gasteiger partial charge < -0.3 is 15.4 Å². The Labute approximate surface area is 134 Å². The first-order valence-electron chi connectivity index (χ1n) is 7.48. The molecule has 0 spiro atoms. The van der Waals surface area contributed by atoms with Crippen molar-refractivity contribution >= 4 is 5.91 Å². The summed E-state index contributed by atoms with van der Waals surface area (Å²) in [6, 6.07) is 5.11. The zero-order chi connectivity index (χ0) is 17.3. The fourth-order valence-corrected chi connectivity index (χ4v) is 2.08. The molecule has 0 aliphatic heterocycles. The van der Waals surface area contributed by atoms with Crippen molar-refractivity contribution in [3.63, 3.8) is 0 Å². The van der Waals surface area contributed by atoms with Crippen molar-refractivity contribution in [2.75, 3.05) is 33.4 Å². The Balaban J connectivity index is 2.40. The number of benzene rings is 1. The average Bonchev–Trinajstić information content (AvgIpc) is 2.50. The Morgan fingerprint density at radius 2 is 2.00 bits per heavy atom. The molecule has 2 N–H and O–H groups in total. The number of ether oxygens (including phenoxy) is 1. The zero-order valence-corrected chi connectivity index (χ0v) is 13.4. The molecule has 7 heteroatoms. The van der Waals surface area contributed by atoms with Gasteiger partial charge in [-0.2, -0.15) is 13.2 Å². The van der Waals surface area contributed by atoms with Crippen molar-refractivity contribution in [3.05, 3.63) is 35.4 Å². The Morgan fingerprint density at radius 1 is 1.26 bits per heavy atom. The number of halogens is 3. The lowest BCUT2D eigenvalue weighted by Crippen LogP contribution is -2.33. The fraction of sp³-hybridized carbons (Fsp3) is 0.562. The number of amides is 1. The molecule has 130 valence electrons. The van der Waals surface area contributed by atoms with E-state index in [1.165, 1.54) is 6.07 Å². The molecule has 23 heavy (non-hydrogen) atoms. The molecule has 0 saturated heterocycles. The van der Waals surface area contributed by atoms with Crippen LogP contribution in [0.1, 0.15) is 30.4 Å². The molecule has 1 amide bonds. The molecule has 0 radical (unpaired) electrons. The second kappa shape index (κ2) is 9.52. The van der Waals surface area contributed by atoms with Crippen LogP contribution in [0.15, 0.2) is 24.3 Å². The van der Waals surface area contributed by atoms with Crippen LogP contribution < -0.4 is 10.6 Å². The van der Waals surface area contributed by atoms with Crippen molar-refractivity contribution in [1.29, 1.82) is 0 Å². The first-order chi connectivity index (χ1) is 10.8. The van der Waals surface area contributed by atoms with Crippen molar-refractivity contribution in [2.45, 2.75) is 25.4 Å². The molecule has 4 nitrogen and oxygen atoms in total. The van der Waals surface area contributed by atoms with Gasteiger partial charge in [-0.25, -0.2) is 0 Å². The summed E-state index contributed by atoms with van der Waals surface area (Å²) < 4.78 is 43.0. The molecule has 0 aliphatic carbocycles. The molecule has 0 bridgehead atoms. The van der Waals surface area contributed by atoms with E-state index in [-0.39, 0.29) is 18.2 Å². The maximum Gasteiger partial charge on any atom is 0.416 e. The summed E-state index contributed by atoms with van der Waals surface area (Å²) in [7, 11) is 1.61. The standard InChI is InChI=1S/C16H23F3N2O2/c1-12(10-15(22)21-7-6-20-8-9-23-2)13-4-3-5-14(11-13)16(17,18)19/h3-5,11-12,20H,6-10H2,1-2H3,(H,21,22). The summed E-state index contributed by atoms with van der Waals surface area (Å²) >= 11 is 0. The van der Waals surface area contributed by atoms with Crippen LogP contribution in [0.3, 0.4) is 0 Å². The van der Waals surface area contributed by atoms with Crippen LogP contribution in [0.5, 0.6) is 0 Å². The van der Waals surface area contributed by atoms with E-state index >= 15 is 0 Å². The summed E-state index contributed by atoms with van der Waals surface area (Å²) in [5.74, 6) is -0.456. The summed E-state index contributed by atoms with van der Waals surface area (Å²) in [5.41, 5.74) is -0.183. The van der Waals surface area contributed by atoms with Crippen LogP contribution in [0.2, 0.25) is 0 Å². The first kappa shape index (κ1) is 19.4. The van der Waals surface area contributed by atoms with Crippen molar-refractivity contribution in [1.82, 2.24) is 10.6 Å². The van der Waals surface area contributed by atoms with Crippen molar-refractivity contribution in [3.8, 4) is 0 Å². The van der Waals surface area contributed by atoms with Gasteiger partial charge in [-0.3, -0.25) is 4.79 Å². The van der Waals surface area contributed by atoms with Crippen LogP contribution >= 0.6 is 0 Å². The third-order valence-electron chi connectivity index (χ3n) is 3.38. The summed E-state index contributed by atoms with van der Waals surface area (Å²) in [6.45, 7) is 4.13. The minimum absolute atomic E-state index is 0.152. The molecular formula is C16H23F3N2O2. The number of carbonyl (C=O) groups is 1. The van der Waals surface area contributed by atoms with Gasteiger partial charge in [0.05, 0.1) is 12.2 Å². The van der Waals surface area contributed by atoms with Gasteiger partial charge >= 0.3 is 6.18 Å². The third kappa shape index (κ3) is 7.47. The topological polar surface area (TPSA) is 50.4 Å². The van der Waals surface area contributed by atoms with Gasteiger partial charge in [0.15, 0.2) is 0 Å². The van der Waals surface area contributed by atoms with Gasteiger partial charge in [-0.1, -0.05) is 25.1 Å². The third-order valence-corrected chi connectivity index (χ3v) is 3.38. The van der Waals surface area contributed by atoms with E-state index in [4.69, 9.17) is 4.74 Å². The average molecular weight is 332 g/mol. The van der Waals surface area contributed by atoms with Gasteiger partial charge in [-0.15, -0.1) is 0 Å². The molecule has 1 unspecified atom stereocenters. The molecule has 0 aliphatic rings. The Kier molecular flexibility index (Phi) is 8.05. The monoisotopic (exact) mass is 332 g/mol. The second-order valence-corrected chi connectivity index (χ2v) is 5.32. The van der Waals surface area contributed by atoms with Gasteiger partial charge in [0.1, 0.15) is 0 Å². The molecule has 1 atom stereocenters. The van der Waals surface area contributed by atoms with E-state index < -0.39 is 11.7 Å².